The molecule has 1 heterocycles. The molecule has 0 fully saturated rings. The quantitative estimate of drug-likeness (QED) is 0.776. The molecule has 19 heavy (non-hydrogen) atoms. The van der Waals surface area contributed by atoms with E-state index in [-0.39, 0.29) is 5.78 Å². The van der Waals surface area contributed by atoms with Gasteiger partial charge in [-0.1, -0.05) is 35.3 Å². The number of hydrogen-bond acceptors (Lipinski definition) is 3. The molecule has 2 unspecified atom stereocenters. The zero-order valence-electron chi connectivity index (χ0n) is 9.93. The maximum absolute atomic E-state index is 12.4. The summed E-state index contributed by atoms with van der Waals surface area (Å²) in [7, 11) is -1.48. The Balaban J connectivity index is 2.25. The van der Waals surface area contributed by atoms with E-state index in [1.54, 1.807) is 43.3 Å². The van der Waals surface area contributed by atoms with Crippen LogP contribution in [0.15, 0.2) is 41.3 Å². The largest absolute Gasteiger partial charge is 0.292 e. The van der Waals surface area contributed by atoms with E-state index in [2.05, 4.69) is 0 Å². The van der Waals surface area contributed by atoms with Crippen molar-refractivity contribution in [1.29, 1.82) is 0 Å². The van der Waals surface area contributed by atoms with Gasteiger partial charge >= 0.3 is 0 Å². The molecule has 0 aliphatic heterocycles. The second kappa shape index (κ2) is 6.18. The fourth-order valence-corrected chi connectivity index (χ4v) is 4.23. The summed E-state index contributed by atoms with van der Waals surface area (Å²) in [6, 6.07) is 10.1. The van der Waals surface area contributed by atoms with E-state index >= 15 is 0 Å². The number of ketones is 1. The summed E-state index contributed by atoms with van der Waals surface area (Å²) in [5.41, 5.74) is 0. The maximum atomic E-state index is 12.4. The zero-order chi connectivity index (χ0) is 14.0. The number of benzene rings is 1. The van der Waals surface area contributed by atoms with E-state index in [0.717, 1.165) is 0 Å². The molecule has 0 spiro atoms. The molecule has 0 N–H and O–H groups in total. The molecule has 2 rings (SSSR count). The molecular weight excluding hydrogens is 323 g/mol. The molecule has 0 aliphatic rings. The van der Waals surface area contributed by atoms with Crippen molar-refractivity contribution in [2.75, 3.05) is 0 Å². The highest BCUT2D eigenvalue weighted by Gasteiger charge is 2.25. The van der Waals surface area contributed by atoms with E-state index in [1.165, 1.54) is 11.3 Å². The molecule has 0 amide bonds. The molecule has 1 aromatic heterocycles. The van der Waals surface area contributed by atoms with Crippen LogP contribution < -0.4 is 0 Å². The van der Waals surface area contributed by atoms with Crippen LogP contribution in [-0.2, 0) is 10.8 Å². The number of Topliss-reactive ketones (excluding diaryl/α,β-unsaturated/α-hetero) is 1. The van der Waals surface area contributed by atoms with Gasteiger partial charge in [0.15, 0.2) is 5.78 Å². The molecular formula is C13H10Cl2O2S2. The second-order valence-electron chi connectivity index (χ2n) is 3.84. The fraction of sp³-hybridized carbons (Fsp3) is 0.154. The third-order valence-corrected chi connectivity index (χ3v) is 5.89. The van der Waals surface area contributed by atoms with Crippen LogP contribution in [0.3, 0.4) is 0 Å². The van der Waals surface area contributed by atoms with Crippen molar-refractivity contribution < 1.29 is 9.00 Å². The number of carbonyl (C=O) groups excluding carboxylic acids is 1. The molecule has 0 bridgehead atoms. The lowest BCUT2D eigenvalue weighted by molar-refractivity contribution is 0.0996. The molecule has 2 nitrogen and oxygen atoms in total. The zero-order valence-corrected chi connectivity index (χ0v) is 13.1. The maximum Gasteiger partial charge on any atom is 0.188 e. The molecule has 6 heteroatoms. The smallest absolute Gasteiger partial charge is 0.188 e. The Hall–Kier alpha value is -0.680. The van der Waals surface area contributed by atoms with Crippen LogP contribution in [0, 0.1) is 0 Å². The summed E-state index contributed by atoms with van der Waals surface area (Å²) < 4.78 is 12.9. The van der Waals surface area contributed by atoms with Crippen LogP contribution in [0.5, 0.6) is 0 Å². The molecule has 0 saturated heterocycles. The Labute approximate surface area is 127 Å². The van der Waals surface area contributed by atoms with Gasteiger partial charge in [0.25, 0.3) is 0 Å². The van der Waals surface area contributed by atoms with Crippen molar-refractivity contribution in [1.82, 2.24) is 0 Å². The first-order valence-corrected chi connectivity index (χ1v) is 8.24. The van der Waals surface area contributed by atoms with Gasteiger partial charge in [0.2, 0.25) is 0 Å². The Morgan fingerprint density at radius 3 is 2.47 bits per heavy atom. The lowest BCUT2D eigenvalue weighted by Crippen LogP contribution is -2.22. The Morgan fingerprint density at radius 2 is 1.89 bits per heavy atom. The minimum Gasteiger partial charge on any atom is -0.292 e. The van der Waals surface area contributed by atoms with Crippen molar-refractivity contribution in [2.24, 2.45) is 0 Å². The molecule has 0 saturated carbocycles. The molecule has 2 aromatic rings. The molecule has 2 atom stereocenters. The van der Waals surface area contributed by atoms with E-state index in [4.69, 9.17) is 23.2 Å². The highest BCUT2D eigenvalue weighted by atomic mass is 35.5. The van der Waals surface area contributed by atoms with Crippen molar-refractivity contribution in [2.45, 2.75) is 17.1 Å². The summed E-state index contributed by atoms with van der Waals surface area (Å²) in [6.07, 6.45) is 0. The summed E-state index contributed by atoms with van der Waals surface area (Å²) in [5, 5.41) is -0.251. The number of thiophene rings is 1. The molecule has 0 radical (unpaired) electrons. The van der Waals surface area contributed by atoms with Crippen LogP contribution in [0.4, 0.5) is 0 Å². The predicted octanol–water partition coefficient (Wildman–Crippen LogP) is 4.43. The van der Waals surface area contributed by atoms with Crippen LogP contribution in [0.1, 0.15) is 16.6 Å². The van der Waals surface area contributed by atoms with Crippen LogP contribution in [0.25, 0.3) is 0 Å². The molecule has 100 valence electrons. The topological polar surface area (TPSA) is 34.1 Å². The first-order valence-electron chi connectivity index (χ1n) is 5.45. The summed E-state index contributed by atoms with van der Waals surface area (Å²) in [6.45, 7) is 1.63. The molecule has 0 aliphatic carbocycles. The van der Waals surface area contributed by atoms with Gasteiger partial charge in [-0.15, -0.1) is 11.3 Å². The van der Waals surface area contributed by atoms with Gasteiger partial charge in [-0.25, -0.2) is 0 Å². The van der Waals surface area contributed by atoms with E-state index in [9.17, 15) is 9.00 Å². The summed E-state index contributed by atoms with van der Waals surface area (Å²) in [5.74, 6) is -0.185. The molecule has 1 aromatic carbocycles. The minimum absolute atomic E-state index is 0.185. The van der Waals surface area contributed by atoms with Gasteiger partial charge < -0.3 is 0 Å². The van der Waals surface area contributed by atoms with Gasteiger partial charge in [0.05, 0.1) is 29.9 Å². The Morgan fingerprint density at radius 1 is 1.21 bits per heavy atom. The highest BCUT2D eigenvalue weighted by molar-refractivity contribution is 7.86. The lowest BCUT2D eigenvalue weighted by Gasteiger charge is -2.10. The summed E-state index contributed by atoms with van der Waals surface area (Å²) in [4.78, 5) is 13.2. The number of hydrogen-bond donors (Lipinski definition) is 0. The third kappa shape index (κ3) is 3.26. The number of rotatable bonds is 4. The van der Waals surface area contributed by atoms with Crippen molar-refractivity contribution >= 4 is 51.1 Å². The predicted molar refractivity (Wildman–Crippen MR) is 81.0 cm³/mol. The van der Waals surface area contributed by atoms with E-state index in [0.29, 0.717) is 19.1 Å². The third-order valence-electron chi connectivity index (χ3n) is 2.56. The fourth-order valence-electron chi connectivity index (χ4n) is 1.54. The van der Waals surface area contributed by atoms with Gasteiger partial charge in [0, 0.05) is 0 Å². The van der Waals surface area contributed by atoms with Crippen LogP contribution in [-0.4, -0.2) is 15.2 Å². The highest BCUT2D eigenvalue weighted by Crippen LogP contribution is 2.26. The van der Waals surface area contributed by atoms with Crippen LogP contribution >= 0.6 is 34.5 Å². The van der Waals surface area contributed by atoms with E-state index in [1.807, 2.05) is 0 Å². The van der Waals surface area contributed by atoms with Crippen LogP contribution in [0.2, 0.25) is 9.36 Å². The van der Waals surface area contributed by atoms with E-state index < -0.39 is 16.0 Å². The Kier molecular flexibility index (Phi) is 4.79. The SMILES string of the molecule is CC(C(=O)c1ccc(Cl)s1)S(=O)c1ccccc1Cl. The minimum atomic E-state index is -1.48. The lowest BCUT2D eigenvalue weighted by atomic mass is 10.2. The Bertz CT molecular complexity index is 637. The first-order chi connectivity index (χ1) is 9.00. The van der Waals surface area contributed by atoms with Gasteiger partial charge in [0.1, 0.15) is 5.25 Å². The van der Waals surface area contributed by atoms with Crippen molar-refractivity contribution in [3.05, 3.63) is 50.6 Å². The van der Waals surface area contributed by atoms with Gasteiger partial charge in [-0.3, -0.25) is 9.00 Å². The number of carbonyl (C=O) groups is 1. The second-order valence-corrected chi connectivity index (χ2v) is 7.70. The summed E-state index contributed by atoms with van der Waals surface area (Å²) >= 11 is 13.0. The first kappa shape index (κ1) is 14.7. The number of halogens is 2. The van der Waals surface area contributed by atoms with Crippen molar-refractivity contribution in [3.8, 4) is 0 Å². The average molecular weight is 333 g/mol. The standard InChI is InChI=1S/C13H10Cl2O2S2/c1-8(13(16)10-6-7-12(15)18-10)19(17)11-5-3-2-4-9(11)14/h2-8H,1H3. The average Bonchev–Trinajstić information content (AvgIpc) is 2.83. The monoisotopic (exact) mass is 332 g/mol. The van der Waals surface area contributed by atoms with Crippen molar-refractivity contribution in [3.63, 3.8) is 0 Å². The van der Waals surface area contributed by atoms with Gasteiger partial charge in [-0.2, -0.15) is 0 Å². The normalized spacial score (nSPS) is 14.1. The van der Waals surface area contributed by atoms with Gasteiger partial charge in [-0.05, 0) is 31.2 Å².